The van der Waals surface area contributed by atoms with Crippen LogP contribution in [0.1, 0.15) is 46.5 Å². The third kappa shape index (κ3) is 2.45. The van der Waals surface area contributed by atoms with Gasteiger partial charge in [-0.05, 0) is 37.2 Å². The highest BCUT2D eigenvalue weighted by Gasteiger charge is 2.55. The lowest BCUT2D eigenvalue weighted by atomic mass is 9.58. The molecule has 3 heteroatoms. The molecule has 1 aliphatic carbocycles. The van der Waals surface area contributed by atoms with Crippen LogP contribution in [0.2, 0.25) is 0 Å². The summed E-state index contributed by atoms with van der Waals surface area (Å²) in [6, 6.07) is 0. The van der Waals surface area contributed by atoms with E-state index < -0.39 is 0 Å². The van der Waals surface area contributed by atoms with Crippen molar-refractivity contribution in [3.05, 3.63) is 12.7 Å². The highest BCUT2D eigenvalue weighted by Crippen LogP contribution is 2.55. The number of amides is 1. The van der Waals surface area contributed by atoms with Crippen molar-refractivity contribution in [3.8, 4) is 0 Å². The standard InChI is InChI=1S/C16H27NO2/c1-6-13(18)17(5)11-15-7-9-16(10-8-15,19-12-15)14(2,3)4/h6H,1,7-12H2,2-5H3. The van der Waals surface area contributed by atoms with Gasteiger partial charge in [-0.2, -0.15) is 0 Å². The van der Waals surface area contributed by atoms with E-state index in [9.17, 15) is 4.79 Å². The van der Waals surface area contributed by atoms with Crippen LogP contribution >= 0.6 is 0 Å². The summed E-state index contributed by atoms with van der Waals surface area (Å²) in [5.74, 6) is 0.00704. The second-order valence-corrected chi connectivity index (χ2v) is 7.43. The molecule has 1 amide bonds. The van der Waals surface area contributed by atoms with Crippen LogP contribution in [-0.4, -0.2) is 36.6 Å². The molecule has 0 unspecified atom stereocenters. The van der Waals surface area contributed by atoms with Crippen LogP contribution in [0.25, 0.3) is 0 Å². The first-order valence-corrected chi connectivity index (χ1v) is 7.25. The second-order valence-electron chi connectivity index (χ2n) is 7.43. The van der Waals surface area contributed by atoms with Gasteiger partial charge in [-0.15, -0.1) is 0 Å². The molecular weight excluding hydrogens is 238 g/mol. The largest absolute Gasteiger partial charge is 0.374 e. The van der Waals surface area contributed by atoms with E-state index in [1.165, 1.54) is 18.9 Å². The smallest absolute Gasteiger partial charge is 0.245 e. The van der Waals surface area contributed by atoms with Gasteiger partial charge in [0.1, 0.15) is 0 Å². The van der Waals surface area contributed by atoms with Gasteiger partial charge in [-0.25, -0.2) is 0 Å². The van der Waals surface area contributed by atoms with Crippen LogP contribution < -0.4 is 0 Å². The van der Waals surface area contributed by atoms with Crippen LogP contribution in [-0.2, 0) is 9.53 Å². The Hall–Kier alpha value is -0.830. The number of nitrogens with zero attached hydrogens (tertiary/aromatic N) is 1. The molecule has 0 aromatic rings. The van der Waals surface area contributed by atoms with Gasteiger partial charge in [-0.1, -0.05) is 27.4 Å². The van der Waals surface area contributed by atoms with E-state index >= 15 is 0 Å². The van der Waals surface area contributed by atoms with Gasteiger partial charge in [-0.3, -0.25) is 4.79 Å². The molecule has 3 rings (SSSR count). The van der Waals surface area contributed by atoms with E-state index in [0.29, 0.717) is 0 Å². The molecule has 3 nitrogen and oxygen atoms in total. The van der Waals surface area contributed by atoms with Crippen molar-refractivity contribution in [3.63, 3.8) is 0 Å². The summed E-state index contributed by atoms with van der Waals surface area (Å²) in [6.45, 7) is 12.0. The SMILES string of the molecule is C=CC(=O)N(C)CC12CCC(C(C)(C)C)(CC1)OC2. The van der Waals surface area contributed by atoms with E-state index in [4.69, 9.17) is 4.74 Å². The summed E-state index contributed by atoms with van der Waals surface area (Å²) >= 11 is 0. The second kappa shape index (κ2) is 4.62. The molecule has 2 saturated heterocycles. The van der Waals surface area contributed by atoms with Gasteiger partial charge in [0.2, 0.25) is 5.91 Å². The number of carbonyl (C=O) groups is 1. The van der Waals surface area contributed by atoms with E-state index in [0.717, 1.165) is 26.0 Å². The van der Waals surface area contributed by atoms with E-state index in [1.807, 2.05) is 7.05 Å². The first-order valence-electron chi connectivity index (χ1n) is 7.25. The molecule has 2 heterocycles. The van der Waals surface area contributed by atoms with Gasteiger partial charge < -0.3 is 9.64 Å². The zero-order valence-electron chi connectivity index (χ0n) is 12.8. The number of hydrogen-bond donors (Lipinski definition) is 0. The third-order valence-corrected chi connectivity index (χ3v) is 5.26. The Labute approximate surface area is 117 Å². The van der Waals surface area contributed by atoms with Gasteiger partial charge in [0.15, 0.2) is 0 Å². The molecular formula is C16H27NO2. The minimum Gasteiger partial charge on any atom is -0.374 e. The molecule has 108 valence electrons. The number of carbonyl (C=O) groups excluding carboxylic acids is 1. The Kier molecular flexibility index (Phi) is 3.54. The van der Waals surface area contributed by atoms with E-state index in [2.05, 4.69) is 27.4 Å². The van der Waals surface area contributed by atoms with Crippen LogP contribution in [0.4, 0.5) is 0 Å². The Balaban J connectivity index is 2.05. The molecule has 0 spiro atoms. The van der Waals surface area contributed by atoms with Crippen LogP contribution in [0.15, 0.2) is 12.7 Å². The number of fused-ring (bicyclic) bond motifs is 3. The number of hydrogen-bond acceptors (Lipinski definition) is 2. The predicted octanol–water partition coefficient (Wildman–Crippen LogP) is 3.01. The summed E-state index contributed by atoms with van der Waals surface area (Å²) in [7, 11) is 1.86. The van der Waals surface area contributed by atoms with Crippen molar-refractivity contribution in [2.45, 2.75) is 52.1 Å². The van der Waals surface area contributed by atoms with Crippen molar-refractivity contribution in [2.24, 2.45) is 10.8 Å². The molecule has 0 atom stereocenters. The summed E-state index contributed by atoms with van der Waals surface area (Å²) in [5, 5.41) is 0. The maximum Gasteiger partial charge on any atom is 0.245 e. The minimum atomic E-state index is 0.00704. The molecule has 0 radical (unpaired) electrons. The lowest BCUT2D eigenvalue weighted by molar-refractivity contribution is -0.229. The lowest BCUT2D eigenvalue weighted by Crippen LogP contribution is -2.59. The van der Waals surface area contributed by atoms with Gasteiger partial charge in [0, 0.05) is 19.0 Å². The lowest BCUT2D eigenvalue weighted by Gasteiger charge is -2.58. The van der Waals surface area contributed by atoms with Crippen molar-refractivity contribution in [2.75, 3.05) is 20.2 Å². The number of rotatable bonds is 3. The molecule has 3 fully saturated rings. The van der Waals surface area contributed by atoms with Crippen LogP contribution in [0, 0.1) is 10.8 Å². The summed E-state index contributed by atoms with van der Waals surface area (Å²) in [6.07, 6.45) is 5.96. The molecule has 1 saturated carbocycles. The maximum absolute atomic E-state index is 11.6. The quantitative estimate of drug-likeness (QED) is 0.734. The highest BCUT2D eigenvalue weighted by molar-refractivity contribution is 5.86. The summed E-state index contributed by atoms with van der Waals surface area (Å²) in [4.78, 5) is 13.4. The predicted molar refractivity (Wildman–Crippen MR) is 76.9 cm³/mol. The van der Waals surface area contributed by atoms with Crippen molar-refractivity contribution < 1.29 is 9.53 Å². The van der Waals surface area contributed by atoms with Crippen molar-refractivity contribution >= 4 is 5.91 Å². The molecule has 0 aromatic heterocycles. The molecule has 19 heavy (non-hydrogen) atoms. The van der Waals surface area contributed by atoms with Crippen LogP contribution in [0.5, 0.6) is 0 Å². The third-order valence-electron chi connectivity index (χ3n) is 5.26. The van der Waals surface area contributed by atoms with Gasteiger partial charge >= 0.3 is 0 Å². The van der Waals surface area contributed by atoms with Gasteiger partial charge in [0.05, 0.1) is 12.2 Å². The van der Waals surface area contributed by atoms with Gasteiger partial charge in [0.25, 0.3) is 0 Å². The fourth-order valence-corrected chi connectivity index (χ4v) is 3.67. The van der Waals surface area contributed by atoms with Crippen molar-refractivity contribution in [1.29, 1.82) is 0 Å². The fraction of sp³-hybridized carbons (Fsp3) is 0.812. The Morgan fingerprint density at radius 1 is 1.32 bits per heavy atom. The summed E-state index contributed by atoms with van der Waals surface area (Å²) < 4.78 is 6.28. The number of ether oxygens (including phenoxy) is 1. The minimum absolute atomic E-state index is 0.00704. The molecule has 2 bridgehead atoms. The maximum atomic E-state index is 11.6. The average Bonchev–Trinajstić information content (AvgIpc) is 2.38. The Morgan fingerprint density at radius 2 is 1.89 bits per heavy atom. The normalized spacial score (nSPS) is 34.1. The zero-order chi connectivity index (χ0) is 14.3. The number of likely N-dealkylation sites (N-methyl/N-ethyl adjacent to an activating group) is 1. The first-order chi connectivity index (χ1) is 8.74. The molecule has 2 aliphatic heterocycles. The van der Waals surface area contributed by atoms with Crippen LogP contribution in [0.3, 0.4) is 0 Å². The summed E-state index contributed by atoms with van der Waals surface area (Å²) in [5.41, 5.74) is 0.415. The first kappa shape index (κ1) is 14.6. The average molecular weight is 265 g/mol. The molecule has 3 aliphatic rings. The Morgan fingerprint density at radius 3 is 2.26 bits per heavy atom. The fourth-order valence-electron chi connectivity index (χ4n) is 3.67. The van der Waals surface area contributed by atoms with E-state index in [-0.39, 0.29) is 22.3 Å². The van der Waals surface area contributed by atoms with E-state index in [1.54, 1.807) is 4.90 Å². The highest BCUT2D eigenvalue weighted by atomic mass is 16.5. The Bertz CT molecular complexity index is 356. The molecule has 0 N–H and O–H groups in total. The molecule has 0 aromatic carbocycles. The zero-order valence-corrected chi connectivity index (χ0v) is 12.8. The topological polar surface area (TPSA) is 29.5 Å². The monoisotopic (exact) mass is 265 g/mol. The van der Waals surface area contributed by atoms with Crippen molar-refractivity contribution in [1.82, 2.24) is 4.90 Å².